The van der Waals surface area contributed by atoms with Crippen molar-refractivity contribution in [3.8, 4) is 0 Å². The maximum atomic E-state index is 5.67. The first-order valence-corrected chi connectivity index (χ1v) is 7.11. The molecule has 1 aliphatic carbocycles. The fourth-order valence-corrected chi connectivity index (χ4v) is 2.80. The van der Waals surface area contributed by atoms with Gasteiger partial charge in [0.2, 0.25) is 0 Å². The standard InChI is InChI=1S/C16H20N4/c1-11-9-18-16(19-10-11)15(20-17)8-12-5-6-13-3-2-4-14(13)7-12/h5-7,9-10,15,20H,2-4,8,17H2,1H3. The average Bonchev–Trinajstić information content (AvgIpc) is 2.93. The lowest BCUT2D eigenvalue weighted by atomic mass is 10.0. The van der Waals surface area contributed by atoms with Crippen molar-refractivity contribution in [2.75, 3.05) is 0 Å². The monoisotopic (exact) mass is 268 g/mol. The lowest BCUT2D eigenvalue weighted by Gasteiger charge is -2.15. The van der Waals surface area contributed by atoms with Gasteiger partial charge < -0.3 is 0 Å². The topological polar surface area (TPSA) is 63.8 Å². The molecule has 2 aromatic rings. The third-order valence-corrected chi connectivity index (χ3v) is 3.92. The van der Waals surface area contributed by atoms with Gasteiger partial charge in [-0.3, -0.25) is 5.84 Å². The Hall–Kier alpha value is -1.78. The molecule has 0 amide bonds. The SMILES string of the molecule is Cc1cnc(C(Cc2ccc3c(c2)CCC3)NN)nc1. The highest BCUT2D eigenvalue weighted by Gasteiger charge is 2.16. The number of aryl methyl sites for hydroxylation is 3. The van der Waals surface area contributed by atoms with E-state index in [-0.39, 0.29) is 6.04 Å². The summed E-state index contributed by atoms with van der Waals surface area (Å²) in [7, 11) is 0. The summed E-state index contributed by atoms with van der Waals surface area (Å²) in [5.74, 6) is 6.42. The van der Waals surface area contributed by atoms with Gasteiger partial charge in [0.25, 0.3) is 0 Å². The maximum absolute atomic E-state index is 5.67. The third-order valence-electron chi connectivity index (χ3n) is 3.92. The minimum atomic E-state index is -0.0462. The lowest BCUT2D eigenvalue weighted by molar-refractivity contribution is 0.522. The molecule has 0 fully saturated rings. The van der Waals surface area contributed by atoms with Gasteiger partial charge in [0.1, 0.15) is 5.82 Å². The molecule has 3 rings (SSSR count). The molecule has 4 heteroatoms. The van der Waals surface area contributed by atoms with Gasteiger partial charge in [-0.15, -0.1) is 0 Å². The van der Waals surface area contributed by atoms with Crippen LogP contribution in [0.15, 0.2) is 30.6 Å². The summed E-state index contributed by atoms with van der Waals surface area (Å²) < 4.78 is 0. The second-order valence-corrected chi connectivity index (χ2v) is 5.50. The Labute approximate surface area is 119 Å². The summed E-state index contributed by atoms with van der Waals surface area (Å²) in [5, 5.41) is 0. The molecule has 0 radical (unpaired) electrons. The van der Waals surface area contributed by atoms with Crippen molar-refractivity contribution in [1.82, 2.24) is 15.4 Å². The van der Waals surface area contributed by atoms with Gasteiger partial charge in [0.05, 0.1) is 6.04 Å². The number of hydrogen-bond acceptors (Lipinski definition) is 4. The fraction of sp³-hybridized carbons (Fsp3) is 0.375. The minimum absolute atomic E-state index is 0.0462. The average molecular weight is 268 g/mol. The predicted octanol–water partition coefficient (Wildman–Crippen LogP) is 2.02. The molecule has 0 saturated heterocycles. The molecule has 0 aliphatic heterocycles. The van der Waals surface area contributed by atoms with Gasteiger partial charge >= 0.3 is 0 Å². The Balaban J connectivity index is 1.79. The Bertz CT molecular complexity index is 592. The Kier molecular flexibility index (Phi) is 3.76. The van der Waals surface area contributed by atoms with Crippen LogP contribution in [0.1, 0.15) is 40.5 Å². The van der Waals surface area contributed by atoms with Gasteiger partial charge in [-0.25, -0.2) is 15.4 Å². The van der Waals surface area contributed by atoms with Gasteiger partial charge in [-0.1, -0.05) is 18.2 Å². The van der Waals surface area contributed by atoms with Gasteiger partial charge in [0.15, 0.2) is 0 Å². The van der Waals surface area contributed by atoms with Gasteiger partial charge in [0, 0.05) is 12.4 Å². The molecule has 0 saturated carbocycles. The molecule has 1 aromatic heterocycles. The fourth-order valence-electron chi connectivity index (χ4n) is 2.80. The van der Waals surface area contributed by atoms with E-state index in [0.717, 1.165) is 17.8 Å². The van der Waals surface area contributed by atoms with Crippen LogP contribution in [0.4, 0.5) is 0 Å². The van der Waals surface area contributed by atoms with Gasteiger partial charge in [-0.2, -0.15) is 0 Å². The molecule has 1 aliphatic rings. The number of hydrogen-bond donors (Lipinski definition) is 2. The van der Waals surface area contributed by atoms with E-state index in [2.05, 4.69) is 33.6 Å². The van der Waals surface area contributed by atoms with E-state index in [1.54, 1.807) is 0 Å². The van der Waals surface area contributed by atoms with E-state index >= 15 is 0 Å². The smallest absolute Gasteiger partial charge is 0.146 e. The van der Waals surface area contributed by atoms with Crippen LogP contribution in [0.3, 0.4) is 0 Å². The molecule has 1 aromatic carbocycles. The van der Waals surface area contributed by atoms with Crippen molar-refractivity contribution >= 4 is 0 Å². The van der Waals surface area contributed by atoms with Crippen molar-refractivity contribution in [3.63, 3.8) is 0 Å². The first kappa shape index (κ1) is 13.2. The number of rotatable bonds is 4. The number of fused-ring (bicyclic) bond motifs is 1. The van der Waals surface area contributed by atoms with E-state index in [9.17, 15) is 0 Å². The van der Waals surface area contributed by atoms with Crippen LogP contribution in [0, 0.1) is 6.92 Å². The highest BCUT2D eigenvalue weighted by atomic mass is 15.2. The summed E-state index contributed by atoms with van der Waals surface area (Å²) in [6.07, 6.45) is 8.16. The second-order valence-electron chi connectivity index (χ2n) is 5.50. The molecular weight excluding hydrogens is 248 g/mol. The van der Waals surface area contributed by atoms with Crippen molar-refractivity contribution in [2.45, 2.75) is 38.6 Å². The van der Waals surface area contributed by atoms with Crippen molar-refractivity contribution < 1.29 is 0 Å². The molecule has 0 spiro atoms. The zero-order valence-corrected chi connectivity index (χ0v) is 11.8. The summed E-state index contributed by atoms with van der Waals surface area (Å²) in [4.78, 5) is 8.73. The first-order valence-electron chi connectivity index (χ1n) is 7.11. The molecular formula is C16H20N4. The largest absolute Gasteiger partial charge is 0.271 e. The summed E-state index contributed by atoms with van der Waals surface area (Å²) in [6, 6.07) is 6.71. The number of aromatic nitrogens is 2. The molecule has 0 bridgehead atoms. The molecule has 3 N–H and O–H groups in total. The minimum Gasteiger partial charge on any atom is -0.271 e. The van der Waals surface area contributed by atoms with Crippen LogP contribution in [0.2, 0.25) is 0 Å². The Morgan fingerprint density at radius 2 is 1.95 bits per heavy atom. The highest BCUT2D eigenvalue weighted by molar-refractivity contribution is 5.35. The number of nitrogens with two attached hydrogens (primary N) is 1. The molecule has 1 heterocycles. The van der Waals surface area contributed by atoms with Gasteiger partial charge in [-0.05, 0) is 54.9 Å². The maximum Gasteiger partial charge on any atom is 0.146 e. The van der Waals surface area contributed by atoms with E-state index in [1.807, 2.05) is 19.3 Å². The lowest BCUT2D eigenvalue weighted by Crippen LogP contribution is -2.31. The Morgan fingerprint density at radius 1 is 1.20 bits per heavy atom. The van der Waals surface area contributed by atoms with E-state index in [0.29, 0.717) is 0 Å². The Morgan fingerprint density at radius 3 is 2.70 bits per heavy atom. The molecule has 20 heavy (non-hydrogen) atoms. The van der Waals surface area contributed by atoms with Crippen LogP contribution < -0.4 is 11.3 Å². The predicted molar refractivity (Wildman–Crippen MR) is 79.0 cm³/mol. The number of hydrazine groups is 1. The second kappa shape index (κ2) is 5.69. The normalized spacial score (nSPS) is 15.1. The molecule has 1 atom stereocenters. The van der Waals surface area contributed by atoms with Crippen molar-refractivity contribution in [3.05, 3.63) is 58.7 Å². The molecule has 4 nitrogen and oxygen atoms in total. The number of benzene rings is 1. The van der Waals surface area contributed by atoms with Crippen LogP contribution >= 0.6 is 0 Å². The molecule has 1 unspecified atom stereocenters. The first-order chi connectivity index (χ1) is 9.76. The van der Waals surface area contributed by atoms with Crippen LogP contribution in [0.25, 0.3) is 0 Å². The van der Waals surface area contributed by atoms with E-state index in [1.165, 1.54) is 36.0 Å². The summed E-state index contributed by atoms with van der Waals surface area (Å²) in [6.45, 7) is 1.98. The highest BCUT2D eigenvalue weighted by Crippen LogP contribution is 2.24. The van der Waals surface area contributed by atoms with E-state index < -0.39 is 0 Å². The third kappa shape index (κ3) is 2.71. The summed E-state index contributed by atoms with van der Waals surface area (Å²) >= 11 is 0. The molecule has 104 valence electrons. The quantitative estimate of drug-likeness (QED) is 0.658. The number of nitrogens with one attached hydrogen (secondary N) is 1. The zero-order valence-electron chi connectivity index (χ0n) is 11.8. The van der Waals surface area contributed by atoms with Crippen LogP contribution in [-0.4, -0.2) is 9.97 Å². The summed E-state index contributed by atoms with van der Waals surface area (Å²) in [5.41, 5.74) is 8.16. The number of nitrogens with zero attached hydrogens (tertiary/aromatic N) is 2. The zero-order chi connectivity index (χ0) is 13.9. The van der Waals surface area contributed by atoms with Crippen molar-refractivity contribution in [2.24, 2.45) is 5.84 Å². The van der Waals surface area contributed by atoms with E-state index in [4.69, 9.17) is 5.84 Å². The van der Waals surface area contributed by atoms with Crippen molar-refractivity contribution in [1.29, 1.82) is 0 Å². The van der Waals surface area contributed by atoms with Crippen LogP contribution in [0.5, 0.6) is 0 Å². The van der Waals surface area contributed by atoms with Crippen LogP contribution in [-0.2, 0) is 19.3 Å².